The number of aryl methyl sites for hydroxylation is 1. The highest BCUT2D eigenvalue weighted by molar-refractivity contribution is 6.03. The first-order valence-electron chi connectivity index (χ1n) is 9.78. The molecule has 150 valence electrons. The fraction of sp³-hybridized carbons (Fsp3) is 0.0417. The summed E-state index contributed by atoms with van der Waals surface area (Å²) in [4.78, 5) is 25.6. The number of hydrogen-bond donors (Lipinski definition) is 1. The Labute approximate surface area is 178 Å². The number of carbonyl (C=O) groups excluding carboxylic acids is 1. The zero-order valence-electron chi connectivity index (χ0n) is 16.7. The van der Waals surface area contributed by atoms with Gasteiger partial charge in [0.05, 0.1) is 5.69 Å². The molecule has 0 saturated carbocycles. The summed E-state index contributed by atoms with van der Waals surface area (Å²) in [5.74, 6) is 0.197. The second-order valence-corrected chi connectivity index (χ2v) is 7.09. The molecule has 0 fully saturated rings. The number of anilines is 1. The van der Waals surface area contributed by atoms with Gasteiger partial charge in [-0.3, -0.25) is 9.78 Å². The number of amides is 1. The molecule has 31 heavy (non-hydrogen) atoms. The van der Waals surface area contributed by atoms with Crippen molar-refractivity contribution < 1.29 is 4.79 Å². The molecule has 4 aromatic heterocycles. The van der Waals surface area contributed by atoms with Crippen LogP contribution in [-0.2, 0) is 0 Å². The van der Waals surface area contributed by atoms with Crippen LogP contribution in [0, 0.1) is 6.92 Å². The van der Waals surface area contributed by atoms with Crippen LogP contribution in [0.4, 0.5) is 5.82 Å². The average molecular weight is 406 g/mol. The highest BCUT2D eigenvalue weighted by atomic mass is 16.1. The summed E-state index contributed by atoms with van der Waals surface area (Å²) in [5, 5.41) is 7.35. The van der Waals surface area contributed by atoms with E-state index >= 15 is 0 Å². The number of fused-ring (bicyclic) bond motifs is 1. The molecular formula is C24H18N6O. The van der Waals surface area contributed by atoms with Gasteiger partial charge in [0, 0.05) is 41.5 Å². The number of benzene rings is 1. The molecule has 0 aliphatic heterocycles. The number of rotatable bonds is 4. The van der Waals surface area contributed by atoms with Crippen LogP contribution in [0.15, 0.2) is 85.5 Å². The molecule has 7 heteroatoms. The van der Waals surface area contributed by atoms with E-state index < -0.39 is 0 Å². The van der Waals surface area contributed by atoms with Crippen molar-refractivity contribution in [2.24, 2.45) is 0 Å². The normalized spacial score (nSPS) is 10.9. The predicted molar refractivity (Wildman–Crippen MR) is 119 cm³/mol. The maximum atomic E-state index is 12.5. The van der Waals surface area contributed by atoms with E-state index in [1.165, 1.54) is 0 Å². The lowest BCUT2D eigenvalue weighted by molar-refractivity contribution is 0.102. The van der Waals surface area contributed by atoms with Gasteiger partial charge in [-0.15, -0.1) is 0 Å². The monoisotopic (exact) mass is 406 g/mol. The Morgan fingerprint density at radius 3 is 2.61 bits per heavy atom. The summed E-state index contributed by atoms with van der Waals surface area (Å²) < 4.78 is 1.81. The number of carbonyl (C=O) groups is 1. The number of pyridine rings is 2. The van der Waals surface area contributed by atoms with Crippen LogP contribution in [0.3, 0.4) is 0 Å². The Morgan fingerprint density at radius 1 is 0.903 bits per heavy atom. The Morgan fingerprint density at radius 2 is 1.77 bits per heavy atom. The predicted octanol–water partition coefficient (Wildman–Crippen LogP) is 4.41. The lowest BCUT2D eigenvalue weighted by Crippen LogP contribution is -2.12. The molecule has 1 amide bonds. The lowest BCUT2D eigenvalue weighted by atomic mass is 10.0. The van der Waals surface area contributed by atoms with Gasteiger partial charge in [0.1, 0.15) is 11.5 Å². The zero-order chi connectivity index (χ0) is 21.2. The van der Waals surface area contributed by atoms with Gasteiger partial charge in [0.2, 0.25) is 0 Å². The molecule has 1 N–H and O–H groups in total. The van der Waals surface area contributed by atoms with Crippen molar-refractivity contribution in [2.75, 3.05) is 5.32 Å². The van der Waals surface area contributed by atoms with Gasteiger partial charge in [-0.2, -0.15) is 5.10 Å². The van der Waals surface area contributed by atoms with E-state index in [4.69, 9.17) is 4.98 Å². The number of hydrogen-bond acceptors (Lipinski definition) is 5. The highest BCUT2D eigenvalue weighted by Gasteiger charge is 2.18. The minimum atomic E-state index is -0.248. The molecule has 5 aromatic rings. The molecule has 5 rings (SSSR count). The molecule has 7 nitrogen and oxygen atoms in total. The van der Waals surface area contributed by atoms with Gasteiger partial charge < -0.3 is 5.32 Å². The summed E-state index contributed by atoms with van der Waals surface area (Å²) in [7, 11) is 0. The minimum absolute atomic E-state index is 0.248. The summed E-state index contributed by atoms with van der Waals surface area (Å²) >= 11 is 0. The molecule has 0 aliphatic carbocycles. The Bertz CT molecular complexity index is 1390. The van der Waals surface area contributed by atoms with Crippen molar-refractivity contribution in [3.63, 3.8) is 0 Å². The smallest absolute Gasteiger partial charge is 0.256 e. The standard InChI is InChI=1S/C24H18N6O/c1-16-4-2-5-18(14-16)22-23(30-21(29-22)6-3-10-27-30)19-9-13-26-20(15-19)28-24(31)17-7-11-25-12-8-17/h2-15H,1H3,(H,26,28,31). The van der Waals surface area contributed by atoms with Crippen molar-refractivity contribution in [1.82, 2.24) is 24.6 Å². The molecule has 0 bridgehead atoms. The number of imidazole rings is 1. The number of aromatic nitrogens is 5. The van der Waals surface area contributed by atoms with Gasteiger partial charge in [-0.1, -0.05) is 23.8 Å². The van der Waals surface area contributed by atoms with Crippen LogP contribution in [0.2, 0.25) is 0 Å². The van der Waals surface area contributed by atoms with E-state index in [-0.39, 0.29) is 5.91 Å². The summed E-state index contributed by atoms with van der Waals surface area (Å²) in [6.45, 7) is 2.05. The zero-order valence-corrected chi connectivity index (χ0v) is 16.7. The fourth-order valence-electron chi connectivity index (χ4n) is 3.48. The second-order valence-electron chi connectivity index (χ2n) is 7.09. The molecule has 1 aromatic carbocycles. The Balaban J connectivity index is 1.60. The topological polar surface area (TPSA) is 85.1 Å². The highest BCUT2D eigenvalue weighted by Crippen LogP contribution is 2.33. The first kappa shape index (κ1) is 18.6. The molecule has 0 saturated heterocycles. The van der Waals surface area contributed by atoms with E-state index in [0.717, 1.165) is 33.7 Å². The molecule has 0 aliphatic rings. The van der Waals surface area contributed by atoms with Crippen LogP contribution in [0.5, 0.6) is 0 Å². The quantitative estimate of drug-likeness (QED) is 0.478. The van der Waals surface area contributed by atoms with E-state index in [1.807, 2.05) is 40.9 Å². The van der Waals surface area contributed by atoms with E-state index in [2.05, 4.69) is 39.4 Å². The summed E-state index contributed by atoms with van der Waals surface area (Å²) in [6.07, 6.45) is 6.55. The molecule has 0 radical (unpaired) electrons. The van der Waals surface area contributed by atoms with Crippen LogP contribution >= 0.6 is 0 Å². The maximum Gasteiger partial charge on any atom is 0.256 e. The molecule has 0 atom stereocenters. The van der Waals surface area contributed by atoms with E-state index in [1.54, 1.807) is 36.9 Å². The van der Waals surface area contributed by atoms with E-state index in [0.29, 0.717) is 11.4 Å². The van der Waals surface area contributed by atoms with Gasteiger partial charge in [0.25, 0.3) is 5.91 Å². The van der Waals surface area contributed by atoms with Crippen molar-refractivity contribution in [1.29, 1.82) is 0 Å². The minimum Gasteiger partial charge on any atom is -0.307 e. The third-order valence-electron chi connectivity index (χ3n) is 4.90. The Kier molecular flexibility index (Phi) is 4.68. The van der Waals surface area contributed by atoms with Crippen LogP contribution < -0.4 is 5.32 Å². The summed E-state index contributed by atoms with van der Waals surface area (Å²) in [6, 6.07) is 19.0. The first-order valence-corrected chi connectivity index (χ1v) is 9.78. The van der Waals surface area contributed by atoms with Crippen LogP contribution in [-0.4, -0.2) is 30.5 Å². The number of nitrogens with one attached hydrogen (secondary N) is 1. The summed E-state index contributed by atoms with van der Waals surface area (Å²) in [5.41, 5.74) is 5.91. The second kappa shape index (κ2) is 7.79. The third-order valence-corrected chi connectivity index (χ3v) is 4.90. The molecule has 0 unspecified atom stereocenters. The van der Waals surface area contributed by atoms with Crippen LogP contribution in [0.25, 0.3) is 28.2 Å². The van der Waals surface area contributed by atoms with Gasteiger partial charge >= 0.3 is 0 Å². The average Bonchev–Trinajstić information content (AvgIpc) is 3.19. The molecule has 0 spiro atoms. The van der Waals surface area contributed by atoms with Gasteiger partial charge in [-0.25, -0.2) is 14.5 Å². The van der Waals surface area contributed by atoms with Crippen molar-refractivity contribution in [3.8, 4) is 22.5 Å². The largest absolute Gasteiger partial charge is 0.307 e. The van der Waals surface area contributed by atoms with Gasteiger partial charge in [0.15, 0.2) is 5.65 Å². The van der Waals surface area contributed by atoms with Crippen LogP contribution in [0.1, 0.15) is 15.9 Å². The lowest BCUT2D eigenvalue weighted by Gasteiger charge is -2.08. The molecule has 4 heterocycles. The van der Waals surface area contributed by atoms with Gasteiger partial charge in [-0.05, 0) is 49.4 Å². The van der Waals surface area contributed by atoms with Crippen molar-refractivity contribution in [3.05, 3.63) is 96.6 Å². The third kappa shape index (κ3) is 3.64. The SMILES string of the molecule is Cc1cccc(-c2nc3cccnn3c2-c2ccnc(NC(=O)c3ccncc3)c2)c1. The molecular weight excluding hydrogens is 388 g/mol. The number of nitrogens with zero attached hydrogens (tertiary/aromatic N) is 5. The van der Waals surface area contributed by atoms with E-state index in [9.17, 15) is 4.79 Å². The van der Waals surface area contributed by atoms with Crippen molar-refractivity contribution >= 4 is 17.4 Å². The first-order chi connectivity index (χ1) is 15.2. The Hall–Kier alpha value is -4.39. The maximum absolute atomic E-state index is 12.5. The fourth-order valence-corrected chi connectivity index (χ4v) is 3.48. The van der Waals surface area contributed by atoms with Crippen molar-refractivity contribution in [2.45, 2.75) is 6.92 Å².